The fourth-order valence-electron chi connectivity index (χ4n) is 2.89. The van der Waals surface area contributed by atoms with Gasteiger partial charge in [-0.3, -0.25) is 14.9 Å². The molecule has 1 amide bonds. The number of nitrogens with zero attached hydrogens (tertiary/aromatic N) is 4. The summed E-state index contributed by atoms with van der Waals surface area (Å²) in [4.78, 5) is 31.0. The van der Waals surface area contributed by atoms with Crippen LogP contribution in [0.1, 0.15) is 19.3 Å². The summed E-state index contributed by atoms with van der Waals surface area (Å²) in [5.41, 5.74) is 0. The van der Waals surface area contributed by atoms with Gasteiger partial charge in [0, 0.05) is 19.6 Å². The SMILES string of the molecule is O=C([C@@H]1CCCCN1c1ncc([N+](=O)[O-])s1)N1CCOCC1. The smallest absolute Gasteiger partial charge is 0.345 e. The molecule has 2 aliphatic heterocycles. The molecule has 8 nitrogen and oxygen atoms in total. The van der Waals surface area contributed by atoms with Gasteiger partial charge in [0.15, 0.2) is 5.13 Å². The number of anilines is 1. The van der Waals surface area contributed by atoms with Crippen LogP contribution in [0.25, 0.3) is 0 Å². The molecule has 2 aliphatic rings. The third-order valence-corrected chi connectivity index (χ3v) is 5.00. The van der Waals surface area contributed by atoms with Gasteiger partial charge in [0.1, 0.15) is 12.2 Å². The average Bonchev–Trinajstić information content (AvgIpc) is 3.05. The average molecular weight is 326 g/mol. The molecule has 2 saturated heterocycles. The number of hydrogen-bond donors (Lipinski definition) is 0. The minimum Gasteiger partial charge on any atom is -0.378 e. The molecular formula is C13H18N4O4S. The van der Waals surface area contributed by atoms with Crippen molar-refractivity contribution in [3.05, 3.63) is 16.3 Å². The predicted octanol–water partition coefficient (Wildman–Crippen LogP) is 1.27. The van der Waals surface area contributed by atoms with Crippen LogP contribution in [0.4, 0.5) is 10.1 Å². The van der Waals surface area contributed by atoms with E-state index in [1.54, 1.807) is 0 Å². The van der Waals surface area contributed by atoms with Crippen molar-refractivity contribution in [2.24, 2.45) is 0 Å². The van der Waals surface area contributed by atoms with Crippen molar-refractivity contribution in [3.8, 4) is 0 Å². The van der Waals surface area contributed by atoms with Gasteiger partial charge in [-0.1, -0.05) is 0 Å². The molecule has 2 fully saturated rings. The number of carbonyl (C=O) groups excluding carboxylic acids is 1. The van der Waals surface area contributed by atoms with Gasteiger partial charge in [-0.05, 0) is 30.6 Å². The first-order chi connectivity index (χ1) is 10.7. The zero-order valence-electron chi connectivity index (χ0n) is 12.1. The highest BCUT2D eigenvalue weighted by molar-refractivity contribution is 7.18. The molecule has 0 N–H and O–H groups in total. The van der Waals surface area contributed by atoms with Gasteiger partial charge in [-0.2, -0.15) is 0 Å². The van der Waals surface area contributed by atoms with E-state index in [0.29, 0.717) is 38.0 Å². The Bertz CT molecular complexity index is 558. The lowest BCUT2D eigenvalue weighted by Crippen LogP contribution is -2.53. The monoisotopic (exact) mass is 326 g/mol. The Morgan fingerprint density at radius 3 is 2.82 bits per heavy atom. The Labute approximate surface area is 131 Å². The standard InChI is InChI=1S/C13H18N4O4S/c18-12(15-5-7-21-8-6-15)10-3-1-2-4-16(10)13-14-9-11(22-13)17(19)20/h9-10H,1-8H2/t10-/m0/s1. The first kappa shape index (κ1) is 15.2. The number of hydrogen-bond acceptors (Lipinski definition) is 7. The second-order valence-corrected chi connectivity index (χ2v) is 6.37. The van der Waals surface area contributed by atoms with Crippen molar-refractivity contribution in [1.82, 2.24) is 9.88 Å². The van der Waals surface area contributed by atoms with Crippen LogP contribution in [0.15, 0.2) is 6.20 Å². The van der Waals surface area contributed by atoms with Crippen molar-refractivity contribution in [2.45, 2.75) is 25.3 Å². The van der Waals surface area contributed by atoms with Crippen LogP contribution in [-0.4, -0.2) is 59.6 Å². The molecule has 22 heavy (non-hydrogen) atoms. The van der Waals surface area contributed by atoms with Gasteiger partial charge in [-0.25, -0.2) is 4.98 Å². The lowest BCUT2D eigenvalue weighted by molar-refractivity contribution is -0.380. The molecule has 0 aliphatic carbocycles. The zero-order chi connectivity index (χ0) is 15.5. The summed E-state index contributed by atoms with van der Waals surface area (Å²) >= 11 is 1.04. The summed E-state index contributed by atoms with van der Waals surface area (Å²) in [6.07, 6.45) is 4.00. The first-order valence-corrected chi connectivity index (χ1v) is 8.22. The predicted molar refractivity (Wildman–Crippen MR) is 81.2 cm³/mol. The topological polar surface area (TPSA) is 88.8 Å². The molecule has 0 unspecified atom stereocenters. The van der Waals surface area contributed by atoms with E-state index in [0.717, 1.165) is 30.6 Å². The van der Waals surface area contributed by atoms with Gasteiger partial charge in [0.25, 0.3) is 0 Å². The van der Waals surface area contributed by atoms with Crippen LogP contribution in [0.2, 0.25) is 0 Å². The van der Waals surface area contributed by atoms with E-state index in [-0.39, 0.29) is 17.0 Å². The highest BCUT2D eigenvalue weighted by Crippen LogP contribution is 2.33. The van der Waals surface area contributed by atoms with E-state index in [4.69, 9.17) is 4.74 Å². The molecule has 1 aromatic rings. The zero-order valence-corrected chi connectivity index (χ0v) is 13.0. The Kier molecular flexibility index (Phi) is 4.53. The number of rotatable bonds is 3. The van der Waals surface area contributed by atoms with E-state index >= 15 is 0 Å². The summed E-state index contributed by atoms with van der Waals surface area (Å²) in [6, 6.07) is -0.266. The van der Waals surface area contributed by atoms with Crippen LogP contribution < -0.4 is 4.90 Å². The Balaban J connectivity index is 1.77. The summed E-state index contributed by atoms with van der Waals surface area (Å²) in [6.45, 7) is 3.08. The van der Waals surface area contributed by atoms with Crippen molar-refractivity contribution in [3.63, 3.8) is 0 Å². The number of carbonyl (C=O) groups is 1. The number of nitro groups is 1. The minimum absolute atomic E-state index is 0.0122. The molecule has 3 heterocycles. The quantitative estimate of drug-likeness (QED) is 0.614. The first-order valence-electron chi connectivity index (χ1n) is 7.40. The number of thiazole rings is 1. The maximum Gasteiger partial charge on any atom is 0.345 e. The molecule has 3 rings (SSSR count). The second kappa shape index (κ2) is 6.57. The van der Waals surface area contributed by atoms with Gasteiger partial charge in [0.05, 0.1) is 18.1 Å². The second-order valence-electron chi connectivity index (χ2n) is 5.38. The van der Waals surface area contributed by atoms with Gasteiger partial charge in [0.2, 0.25) is 5.91 Å². The molecule has 0 spiro atoms. The Morgan fingerprint density at radius 1 is 1.36 bits per heavy atom. The van der Waals surface area contributed by atoms with E-state index in [1.807, 2.05) is 9.80 Å². The molecule has 120 valence electrons. The maximum atomic E-state index is 12.7. The van der Waals surface area contributed by atoms with E-state index in [2.05, 4.69) is 4.98 Å². The molecule has 0 bridgehead atoms. The number of piperidine rings is 1. The lowest BCUT2D eigenvalue weighted by atomic mass is 10.0. The summed E-state index contributed by atoms with van der Waals surface area (Å²) in [5.74, 6) is 0.0841. The third-order valence-electron chi connectivity index (χ3n) is 4.02. The molecule has 1 aromatic heterocycles. The fourth-order valence-corrected chi connectivity index (χ4v) is 3.69. The van der Waals surface area contributed by atoms with Crippen molar-refractivity contribution < 1.29 is 14.5 Å². The highest BCUT2D eigenvalue weighted by Gasteiger charge is 2.34. The van der Waals surface area contributed by atoms with E-state index in [1.165, 1.54) is 6.20 Å². The summed E-state index contributed by atoms with van der Waals surface area (Å²) < 4.78 is 5.29. The van der Waals surface area contributed by atoms with E-state index < -0.39 is 4.92 Å². The summed E-state index contributed by atoms with van der Waals surface area (Å²) in [5, 5.41) is 11.4. The molecule has 0 aromatic carbocycles. The van der Waals surface area contributed by atoms with Gasteiger partial charge in [-0.15, -0.1) is 0 Å². The molecular weight excluding hydrogens is 308 g/mol. The summed E-state index contributed by atoms with van der Waals surface area (Å²) in [7, 11) is 0. The largest absolute Gasteiger partial charge is 0.378 e. The fraction of sp³-hybridized carbons (Fsp3) is 0.692. The van der Waals surface area contributed by atoms with Crippen LogP contribution >= 0.6 is 11.3 Å². The van der Waals surface area contributed by atoms with Crippen LogP contribution in [-0.2, 0) is 9.53 Å². The Morgan fingerprint density at radius 2 is 2.14 bits per heavy atom. The number of morpholine rings is 1. The molecule has 1 atom stereocenters. The Hall–Kier alpha value is -1.74. The molecule has 0 radical (unpaired) electrons. The highest BCUT2D eigenvalue weighted by atomic mass is 32.1. The molecule has 0 saturated carbocycles. The van der Waals surface area contributed by atoms with Crippen molar-refractivity contribution in [2.75, 3.05) is 37.7 Å². The van der Waals surface area contributed by atoms with Crippen LogP contribution in [0, 0.1) is 10.1 Å². The van der Waals surface area contributed by atoms with E-state index in [9.17, 15) is 14.9 Å². The maximum absolute atomic E-state index is 12.7. The molecule has 9 heteroatoms. The normalized spacial score (nSPS) is 22.6. The van der Waals surface area contributed by atoms with Crippen LogP contribution in [0.3, 0.4) is 0 Å². The number of amides is 1. The van der Waals surface area contributed by atoms with Crippen LogP contribution in [0.5, 0.6) is 0 Å². The van der Waals surface area contributed by atoms with Gasteiger partial charge >= 0.3 is 5.00 Å². The third kappa shape index (κ3) is 3.05. The minimum atomic E-state index is -0.441. The van der Waals surface area contributed by atoms with Crippen molar-refractivity contribution >= 4 is 27.4 Å². The number of ether oxygens (including phenoxy) is 1. The van der Waals surface area contributed by atoms with Crippen molar-refractivity contribution in [1.29, 1.82) is 0 Å². The lowest BCUT2D eigenvalue weighted by Gasteiger charge is -2.38. The van der Waals surface area contributed by atoms with Gasteiger partial charge < -0.3 is 14.5 Å². The number of aromatic nitrogens is 1.